The van der Waals surface area contributed by atoms with Crippen LogP contribution in [0.5, 0.6) is 0 Å². The van der Waals surface area contributed by atoms with Crippen LogP contribution in [0.25, 0.3) is 0 Å². The number of ether oxygens (including phenoxy) is 1. The maximum atomic E-state index is 11.2. The molecule has 1 aliphatic rings. The minimum atomic E-state index is -5.26. The minimum absolute atomic E-state index is 0. The molecule has 5 atom stereocenters. The Balaban J connectivity index is 0.00000900. The van der Waals surface area contributed by atoms with Gasteiger partial charge in [0.25, 0.3) is 0 Å². The molecule has 1 fully saturated rings. The molecular formula is C20H39NaO9S. The van der Waals surface area contributed by atoms with Gasteiger partial charge in [-0.25, -0.2) is 12.6 Å². The molecule has 0 aliphatic carbocycles. The van der Waals surface area contributed by atoms with Crippen molar-refractivity contribution < 1.29 is 71.9 Å². The molecule has 1 unspecified atom stereocenters. The number of hydrogen-bond acceptors (Lipinski definition) is 9. The molecule has 31 heavy (non-hydrogen) atoms. The van der Waals surface area contributed by atoms with Gasteiger partial charge in [0.15, 0.2) is 0 Å². The van der Waals surface area contributed by atoms with Crippen molar-refractivity contribution in [2.75, 3.05) is 6.61 Å². The van der Waals surface area contributed by atoms with Gasteiger partial charge in [0, 0.05) is 6.42 Å². The SMILES string of the molecule is CCCCCCCCCCCCCCC1(OS(=O)(=O)[O-])O[C@H](CO)[C@@H](O)[C@H](O)[C@H]1O.[Na+]. The Morgan fingerprint density at radius 2 is 1.32 bits per heavy atom. The van der Waals surface area contributed by atoms with E-state index in [-0.39, 0.29) is 36.0 Å². The van der Waals surface area contributed by atoms with Crippen molar-refractivity contribution in [1.29, 1.82) is 0 Å². The molecular weight excluding hydrogens is 439 g/mol. The average Bonchev–Trinajstić information content (AvgIpc) is 2.68. The quantitative estimate of drug-likeness (QED) is 0.0919. The molecule has 1 aliphatic heterocycles. The van der Waals surface area contributed by atoms with Gasteiger partial charge in [-0.05, 0) is 6.42 Å². The van der Waals surface area contributed by atoms with Crippen LogP contribution in [-0.2, 0) is 19.3 Å². The summed E-state index contributed by atoms with van der Waals surface area (Å²) in [6.45, 7) is 1.46. The molecule has 0 aromatic carbocycles. The van der Waals surface area contributed by atoms with E-state index in [2.05, 4.69) is 11.1 Å². The van der Waals surface area contributed by atoms with Crippen LogP contribution in [0.1, 0.15) is 90.4 Å². The van der Waals surface area contributed by atoms with E-state index in [0.29, 0.717) is 12.8 Å². The summed E-state index contributed by atoms with van der Waals surface area (Å²) in [5.41, 5.74) is 0. The molecule has 0 radical (unpaired) electrons. The average molecular weight is 479 g/mol. The van der Waals surface area contributed by atoms with Gasteiger partial charge in [0.05, 0.1) is 6.61 Å². The monoisotopic (exact) mass is 478 g/mol. The third-order valence-corrected chi connectivity index (χ3v) is 6.14. The Hall–Kier alpha value is 0.670. The fraction of sp³-hybridized carbons (Fsp3) is 1.00. The zero-order chi connectivity index (χ0) is 22.6. The molecule has 0 spiro atoms. The molecule has 4 N–H and O–H groups in total. The van der Waals surface area contributed by atoms with Crippen molar-refractivity contribution in [2.45, 2.75) is 121 Å². The standard InChI is InChI=1S/C20H40O9S.Na/c1-2-3-4-5-6-7-8-9-10-11-12-13-14-20(29-30(25,26)27)19(24)18(23)17(22)16(15-21)28-20;/h16-19,21-24H,2-15H2,1H3,(H,25,26,27);/q;+1/p-1/t16-,17-,18+,19-,20?;/m1./s1. The van der Waals surface area contributed by atoms with E-state index in [1.807, 2.05) is 0 Å². The van der Waals surface area contributed by atoms with Crippen LogP contribution in [0.4, 0.5) is 0 Å². The molecule has 0 aromatic heterocycles. The van der Waals surface area contributed by atoms with Crippen molar-refractivity contribution >= 4 is 10.4 Å². The number of hydrogen-bond donors (Lipinski definition) is 4. The Morgan fingerprint density at radius 1 is 0.871 bits per heavy atom. The molecule has 1 heterocycles. The predicted molar refractivity (Wildman–Crippen MR) is 109 cm³/mol. The molecule has 1 rings (SSSR count). The predicted octanol–water partition coefficient (Wildman–Crippen LogP) is -1.27. The summed E-state index contributed by atoms with van der Waals surface area (Å²) in [6.07, 6.45) is 5.92. The summed E-state index contributed by atoms with van der Waals surface area (Å²) < 4.78 is 43.3. The Labute approximate surface area is 208 Å². The second-order valence-electron chi connectivity index (χ2n) is 8.21. The summed E-state index contributed by atoms with van der Waals surface area (Å²) in [5, 5.41) is 39.4. The molecule has 9 nitrogen and oxygen atoms in total. The number of aliphatic hydroxyl groups is 4. The van der Waals surface area contributed by atoms with Crippen LogP contribution in [0.15, 0.2) is 0 Å². The smallest absolute Gasteiger partial charge is 0.725 e. The zero-order valence-corrected chi connectivity index (χ0v) is 21.8. The summed E-state index contributed by atoms with van der Waals surface area (Å²) >= 11 is 0. The second-order valence-corrected chi connectivity index (χ2v) is 9.19. The maximum Gasteiger partial charge on any atom is 1.00 e. The normalized spacial score (nSPS) is 29.0. The van der Waals surface area contributed by atoms with Crippen molar-refractivity contribution in [1.82, 2.24) is 0 Å². The summed E-state index contributed by atoms with van der Waals surface area (Å²) in [5.74, 6) is -2.33. The van der Waals surface area contributed by atoms with Gasteiger partial charge < -0.3 is 29.7 Å². The largest absolute Gasteiger partial charge is 1.00 e. The molecule has 1 saturated heterocycles. The third kappa shape index (κ3) is 11.6. The topological polar surface area (TPSA) is 157 Å². The van der Waals surface area contributed by atoms with Gasteiger partial charge in [0.1, 0.15) is 24.4 Å². The third-order valence-electron chi connectivity index (χ3n) is 5.66. The van der Waals surface area contributed by atoms with Crippen LogP contribution >= 0.6 is 0 Å². The first-order valence-corrected chi connectivity index (χ1v) is 12.5. The van der Waals surface area contributed by atoms with E-state index in [4.69, 9.17) is 4.74 Å². The zero-order valence-electron chi connectivity index (χ0n) is 18.9. The van der Waals surface area contributed by atoms with Gasteiger partial charge in [-0.1, -0.05) is 77.6 Å². The maximum absolute atomic E-state index is 11.2. The fourth-order valence-corrected chi connectivity index (χ4v) is 4.48. The van der Waals surface area contributed by atoms with Gasteiger partial charge >= 0.3 is 29.6 Å². The first-order chi connectivity index (χ1) is 14.2. The summed E-state index contributed by atoms with van der Waals surface area (Å²) in [6, 6.07) is 0. The molecule has 0 bridgehead atoms. The molecule has 0 saturated carbocycles. The van der Waals surface area contributed by atoms with Gasteiger partial charge in [-0.15, -0.1) is 0 Å². The first kappa shape index (κ1) is 31.7. The van der Waals surface area contributed by atoms with Gasteiger partial charge in [0.2, 0.25) is 16.2 Å². The van der Waals surface area contributed by atoms with Crippen molar-refractivity contribution in [3.05, 3.63) is 0 Å². The van der Waals surface area contributed by atoms with Crippen LogP contribution in [0, 0.1) is 0 Å². The fourth-order valence-electron chi connectivity index (χ4n) is 3.91. The van der Waals surface area contributed by atoms with Crippen molar-refractivity contribution in [3.63, 3.8) is 0 Å². The summed E-state index contributed by atoms with van der Waals surface area (Å²) in [7, 11) is -5.26. The van der Waals surface area contributed by atoms with Crippen molar-refractivity contribution in [3.8, 4) is 0 Å². The second kappa shape index (κ2) is 16.3. The van der Waals surface area contributed by atoms with Crippen LogP contribution in [0.3, 0.4) is 0 Å². The summed E-state index contributed by atoms with van der Waals surface area (Å²) in [4.78, 5) is 0. The van der Waals surface area contributed by atoms with E-state index >= 15 is 0 Å². The molecule has 180 valence electrons. The van der Waals surface area contributed by atoms with Gasteiger partial charge in [-0.3, -0.25) is 0 Å². The van der Waals surface area contributed by atoms with Crippen LogP contribution in [-0.4, -0.2) is 70.2 Å². The van der Waals surface area contributed by atoms with E-state index in [1.54, 1.807) is 0 Å². The van der Waals surface area contributed by atoms with Crippen molar-refractivity contribution in [2.24, 2.45) is 0 Å². The molecule has 0 amide bonds. The van der Waals surface area contributed by atoms with Crippen LogP contribution in [0.2, 0.25) is 0 Å². The van der Waals surface area contributed by atoms with E-state index < -0.39 is 47.2 Å². The number of unbranched alkanes of at least 4 members (excludes halogenated alkanes) is 11. The minimum Gasteiger partial charge on any atom is -0.725 e. The number of aliphatic hydroxyl groups excluding tert-OH is 4. The first-order valence-electron chi connectivity index (χ1n) is 11.2. The van der Waals surface area contributed by atoms with Crippen LogP contribution < -0.4 is 29.6 Å². The molecule has 0 aromatic rings. The van der Waals surface area contributed by atoms with E-state index in [0.717, 1.165) is 19.3 Å². The van der Waals surface area contributed by atoms with E-state index in [9.17, 15) is 33.4 Å². The van der Waals surface area contributed by atoms with Gasteiger partial charge in [-0.2, -0.15) is 0 Å². The number of rotatable bonds is 16. The van der Waals surface area contributed by atoms with E-state index in [1.165, 1.54) is 44.9 Å². The Morgan fingerprint density at radius 3 is 1.74 bits per heavy atom. The Kier molecular flexibility index (Phi) is 16.7. The Bertz CT molecular complexity index is 561. The molecule has 11 heteroatoms.